The van der Waals surface area contributed by atoms with E-state index in [4.69, 9.17) is 10.5 Å². The van der Waals surface area contributed by atoms with Crippen LogP contribution in [0.2, 0.25) is 0 Å². The standard InChI is InChI=1S/C17H32N4O3.2ClH/c1-13-4-3-5-14(10-13)19-16(22)11-20-6-8-21(9-7-20)17(23)15(18)12-24-2;;/h13-15H,3-12,18H2,1-2H3,(H,19,22);2*1H. The van der Waals surface area contributed by atoms with Crippen LogP contribution in [0.3, 0.4) is 0 Å². The highest BCUT2D eigenvalue weighted by Crippen LogP contribution is 2.23. The van der Waals surface area contributed by atoms with E-state index in [9.17, 15) is 9.59 Å². The lowest BCUT2D eigenvalue weighted by Gasteiger charge is -2.36. The SMILES string of the molecule is COCC(N)C(=O)N1CCN(CC(=O)NC2CCCC(C)C2)CC1.Cl.Cl. The maximum absolute atomic E-state index is 12.2. The first kappa shape index (κ1) is 25.4. The number of halogens is 2. The van der Waals surface area contributed by atoms with Crippen molar-refractivity contribution < 1.29 is 14.3 Å². The Bertz CT molecular complexity index is 434. The van der Waals surface area contributed by atoms with E-state index >= 15 is 0 Å². The molecule has 154 valence electrons. The summed E-state index contributed by atoms with van der Waals surface area (Å²) in [7, 11) is 1.54. The van der Waals surface area contributed by atoms with Crippen LogP contribution < -0.4 is 11.1 Å². The minimum Gasteiger partial charge on any atom is -0.383 e. The summed E-state index contributed by atoms with van der Waals surface area (Å²) in [6.45, 7) is 5.55. The molecule has 0 aromatic heterocycles. The van der Waals surface area contributed by atoms with Crippen molar-refractivity contribution in [1.29, 1.82) is 0 Å². The highest BCUT2D eigenvalue weighted by atomic mass is 35.5. The van der Waals surface area contributed by atoms with E-state index in [1.54, 1.807) is 4.90 Å². The van der Waals surface area contributed by atoms with Gasteiger partial charge in [0.05, 0.1) is 13.2 Å². The highest BCUT2D eigenvalue weighted by molar-refractivity contribution is 5.85. The van der Waals surface area contributed by atoms with Crippen molar-refractivity contribution in [1.82, 2.24) is 15.1 Å². The Morgan fingerprint density at radius 1 is 1.19 bits per heavy atom. The number of rotatable bonds is 6. The number of hydrogen-bond acceptors (Lipinski definition) is 5. The van der Waals surface area contributed by atoms with Gasteiger partial charge in [-0.15, -0.1) is 24.8 Å². The molecule has 0 bridgehead atoms. The summed E-state index contributed by atoms with van der Waals surface area (Å²) in [6, 6.07) is -0.269. The summed E-state index contributed by atoms with van der Waals surface area (Å²) >= 11 is 0. The summed E-state index contributed by atoms with van der Waals surface area (Å²) in [5, 5.41) is 3.17. The number of nitrogens with zero attached hydrogens (tertiary/aromatic N) is 2. The summed E-state index contributed by atoms with van der Waals surface area (Å²) in [5.74, 6) is 0.733. The fourth-order valence-corrected chi connectivity index (χ4v) is 3.65. The van der Waals surface area contributed by atoms with E-state index in [0.29, 0.717) is 44.7 Å². The second kappa shape index (κ2) is 12.7. The number of amides is 2. The van der Waals surface area contributed by atoms with Gasteiger partial charge >= 0.3 is 0 Å². The van der Waals surface area contributed by atoms with Gasteiger partial charge in [-0.05, 0) is 18.8 Å². The van der Waals surface area contributed by atoms with Crippen molar-refractivity contribution in [2.75, 3.05) is 46.4 Å². The molecule has 1 saturated carbocycles. The fraction of sp³-hybridized carbons (Fsp3) is 0.882. The molecule has 1 saturated heterocycles. The molecule has 7 nitrogen and oxygen atoms in total. The number of nitrogens with two attached hydrogens (primary N) is 1. The highest BCUT2D eigenvalue weighted by Gasteiger charge is 2.27. The third kappa shape index (κ3) is 7.96. The lowest BCUT2D eigenvalue weighted by molar-refractivity contribution is -0.135. The number of methoxy groups -OCH3 is 1. The summed E-state index contributed by atoms with van der Waals surface area (Å²) in [6.07, 6.45) is 4.66. The van der Waals surface area contributed by atoms with Crippen LogP contribution in [-0.4, -0.2) is 80.1 Å². The van der Waals surface area contributed by atoms with Crippen LogP contribution in [0.1, 0.15) is 32.6 Å². The molecule has 2 amide bonds. The third-order valence-electron chi connectivity index (χ3n) is 5.02. The number of carbonyl (C=O) groups is 2. The predicted octanol–water partition coefficient (Wildman–Crippen LogP) is 0.643. The number of ether oxygens (including phenoxy) is 1. The Balaban J connectivity index is 0.00000312. The van der Waals surface area contributed by atoms with E-state index < -0.39 is 6.04 Å². The Morgan fingerprint density at radius 3 is 2.42 bits per heavy atom. The molecule has 3 atom stereocenters. The molecule has 2 rings (SSSR count). The maximum atomic E-state index is 12.2. The van der Waals surface area contributed by atoms with Crippen molar-refractivity contribution in [3.05, 3.63) is 0 Å². The quantitative estimate of drug-likeness (QED) is 0.668. The van der Waals surface area contributed by atoms with E-state index in [0.717, 1.165) is 12.8 Å². The topological polar surface area (TPSA) is 87.9 Å². The van der Waals surface area contributed by atoms with E-state index in [2.05, 4.69) is 17.1 Å². The largest absolute Gasteiger partial charge is 0.383 e. The molecule has 1 heterocycles. The fourth-order valence-electron chi connectivity index (χ4n) is 3.65. The average molecular weight is 413 g/mol. The van der Waals surface area contributed by atoms with Crippen LogP contribution in [-0.2, 0) is 14.3 Å². The number of carbonyl (C=O) groups excluding carboxylic acids is 2. The first-order valence-corrected chi connectivity index (χ1v) is 9.04. The lowest BCUT2D eigenvalue weighted by atomic mass is 9.87. The van der Waals surface area contributed by atoms with Crippen LogP contribution in [0, 0.1) is 5.92 Å². The zero-order valence-corrected chi connectivity index (χ0v) is 17.4. The smallest absolute Gasteiger partial charge is 0.241 e. The van der Waals surface area contributed by atoms with E-state index in [1.165, 1.54) is 20.0 Å². The van der Waals surface area contributed by atoms with Crippen LogP contribution in [0.5, 0.6) is 0 Å². The molecule has 2 aliphatic rings. The van der Waals surface area contributed by atoms with Gasteiger partial charge in [-0.3, -0.25) is 14.5 Å². The van der Waals surface area contributed by atoms with Gasteiger partial charge in [0.15, 0.2) is 0 Å². The van der Waals surface area contributed by atoms with Gasteiger partial charge in [-0.25, -0.2) is 0 Å². The van der Waals surface area contributed by atoms with E-state index in [1.807, 2.05) is 0 Å². The number of hydrogen-bond donors (Lipinski definition) is 2. The molecule has 26 heavy (non-hydrogen) atoms. The maximum Gasteiger partial charge on any atom is 0.241 e. The Labute approximate surface area is 169 Å². The first-order valence-electron chi connectivity index (χ1n) is 9.04. The number of nitrogens with one attached hydrogen (secondary N) is 1. The third-order valence-corrected chi connectivity index (χ3v) is 5.02. The van der Waals surface area contributed by atoms with Gasteiger partial charge in [-0.1, -0.05) is 19.8 Å². The molecule has 1 aliphatic heterocycles. The Kier molecular flexibility index (Phi) is 12.4. The van der Waals surface area contributed by atoms with Gasteiger partial charge in [0.25, 0.3) is 0 Å². The zero-order valence-electron chi connectivity index (χ0n) is 15.8. The number of piperazine rings is 1. The van der Waals surface area contributed by atoms with Crippen LogP contribution >= 0.6 is 24.8 Å². The molecule has 1 aliphatic carbocycles. The molecule has 0 aromatic rings. The Morgan fingerprint density at radius 2 is 1.85 bits per heavy atom. The first-order chi connectivity index (χ1) is 11.5. The minimum absolute atomic E-state index is 0. The van der Waals surface area contributed by atoms with Crippen LogP contribution in [0.25, 0.3) is 0 Å². The molecule has 3 unspecified atom stereocenters. The van der Waals surface area contributed by atoms with Gasteiger partial charge in [0, 0.05) is 39.3 Å². The summed E-state index contributed by atoms with van der Waals surface area (Å²) < 4.78 is 4.93. The molecular weight excluding hydrogens is 379 g/mol. The molecule has 0 spiro atoms. The summed E-state index contributed by atoms with van der Waals surface area (Å²) in [5.41, 5.74) is 5.80. The van der Waals surface area contributed by atoms with Crippen molar-refractivity contribution >= 4 is 36.6 Å². The van der Waals surface area contributed by atoms with Crippen molar-refractivity contribution in [3.63, 3.8) is 0 Å². The predicted molar refractivity (Wildman–Crippen MR) is 107 cm³/mol. The molecule has 9 heteroatoms. The average Bonchev–Trinajstić information content (AvgIpc) is 2.55. The Hall–Kier alpha value is -0.600. The van der Waals surface area contributed by atoms with Gasteiger partial charge in [-0.2, -0.15) is 0 Å². The molecule has 3 N–H and O–H groups in total. The second-order valence-corrected chi connectivity index (χ2v) is 7.20. The molecule has 0 radical (unpaired) electrons. The van der Waals surface area contributed by atoms with Crippen LogP contribution in [0.15, 0.2) is 0 Å². The monoisotopic (exact) mass is 412 g/mol. The lowest BCUT2D eigenvalue weighted by Crippen LogP contribution is -2.55. The molecule has 0 aromatic carbocycles. The zero-order chi connectivity index (χ0) is 17.5. The van der Waals surface area contributed by atoms with Crippen LogP contribution in [0.4, 0.5) is 0 Å². The molecular formula is C17H34Cl2N4O3. The van der Waals surface area contributed by atoms with Crippen molar-refractivity contribution in [3.8, 4) is 0 Å². The summed E-state index contributed by atoms with van der Waals surface area (Å²) in [4.78, 5) is 28.2. The molecule has 2 fully saturated rings. The minimum atomic E-state index is -0.599. The van der Waals surface area contributed by atoms with E-state index in [-0.39, 0.29) is 43.2 Å². The van der Waals surface area contributed by atoms with Gasteiger partial charge in [0.1, 0.15) is 6.04 Å². The van der Waals surface area contributed by atoms with Crippen molar-refractivity contribution in [2.45, 2.75) is 44.7 Å². The van der Waals surface area contributed by atoms with Gasteiger partial charge in [0.2, 0.25) is 11.8 Å². The van der Waals surface area contributed by atoms with Crippen molar-refractivity contribution in [2.24, 2.45) is 11.7 Å². The normalized spacial score (nSPS) is 24.8. The van der Waals surface area contributed by atoms with Gasteiger partial charge < -0.3 is 20.7 Å². The second-order valence-electron chi connectivity index (χ2n) is 7.20.